The second kappa shape index (κ2) is 10.2. The van der Waals surface area contributed by atoms with Crippen LogP contribution in [-0.2, 0) is 23.1 Å². The zero-order valence-corrected chi connectivity index (χ0v) is 19.3. The molecule has 0 radical (unpaired) electrons. The monoisotopic (exact) mass is 431 g/mol. The third kappa shape index (κ3) is 6.93. The van der Waals surface area contributed by atoms with E-state index in [9.17, 15) is 13.2 Å². The zero-order chi connectivity index (χ0) is 22.4. The van der Waals surface area contributed by atoms with Crippen LogP contribution in [0, 0.1) is 0 Å². The number of carbonyl (C=O) groups excluding carboxylic acids is 1. The van der Waals surface area contributed by atoms with Crippen LogP contribution in [0.1, 0.15) is 56.1 Å². The van der Waals surface area contributed by atoms with Crippen LogP contribution in [0.5, 0.6) is 0 Å². The maximum absolute atomic E-state index is 12.6. The summed E-state index contributed by atoms with van der Waals surface area (Å²) in [6.07, 6.45) is 0. The normalized spacial score (nSPS) is 12.2. The summed E-state index contributed by atoms with van der Waals surface area (Å²) in [7, 11) is -3.62. The smallest absolute Gasteiger partial charge is 0.251 e. The molecular formula is C23H33N3O3S. The lowest BCUT2D eigenvalue weighted by Gasteiger charge is -2.20. The van der Waals surface area contributed by atoms with Gasteiger partial charge in [-0.2, -0.15) is 0 Å². The fourth-order valence-corrected chi connectivity index (χ4v) is 4.52. The lowest BCUT2D eigenvalue weighted by Crippen LogP contribution is -2.40. The first-order valence-corrected chi connectivity index (χ1v) is 11.8. The first-order chi connectivity index (χ1) is 14.1. The summed E-state index contributed by atoms with van der Waals surface area (Å²) in [5.74, 6) is -0.236. The quantitative estimate of drug-likeness (QED) is 0.637. The van der Waals surface area contributed by atoms with Crippen molar-refractivity contribution in [3.8, 4) is 0 Å². The SMILES string of the molecule is CCN(CC)Cc1ccccc1CNC(=O)c1ccc(S(=O)(=O)NC(C)(C)C)cc1. The van der Waals surface area contributed by atoms with Gasteiger partial charge in [-0.05, 0) is 69.3 Å². The van der Waals surface area contributed by atoms with Crippen LogP contribution >= 0.6 is 0 Å². The summed E-state index contributed by atoms with van der Waals surface area (Å²) in [4.78, 5) is 15.0. The molecule has 0 spiro atoms. The summed E-state index contributed by atoms with van der Waals surface area (Å²) in [6, 6.07) is 14.1. The van der Waals surface area contributed by atoms with E-state index < -0.39 is 15.6 Å². The van der Waals surface area contributed by atoms with Gasteiger partial charge in [-0.3, -0.25) is 9.69 Å². The van der Waals surface area contributed by atoms with Crippen LogP contribution in [0.3, 0.4) is 0 Å². The van der Waals surface area contributed by atoms with Gasteiger partial charge < -0.3 is 5.32 Å². The number of benzene rings is 2. The molecule has 0 atom stereocenters. The Bertz CT molecular complexity index is 944. The van der Waals surface area contributed by atoms with Crippen molar-refractivity contribution in [3.05, 3.63) is 65.2 Å². The topological polar surface area (TPSA) is 78.5 Å². The molecule has 0 saturated heterocycles. The molecule has 0 bridgehead atoms. The van der Waals surface area contributed by atoms with Gasteiger partial charge in [-0.15, -0.1) is 0 Å². The molecule has 2 aromatic rings. The van der Waals surface area contributed by atoms with Crippen LogP contribution in [0.15, 0.2) is 53.4 Å². The molecule has 2 rings (SSSR count). The maximum Gasteiger partial charge on any atom is 0.251 e. The maximum atomic E-state index is 12.6. The Kier molecular flexibility index (Phi) is 8.18. The number of hydrogen-bond acceptors (Lipinski definition) is 4. The number of amides is 1. The van der Waals surface area contributed by atoms with Crippen molar-refractivity contribution in [2.45, 2.75) is 58.1 Å². The van der Waals surface area contributed by atoms with Crippen LogP contribution in [0.2, 0.25) is 0 Å². The molecule has 0 aliphatic rings. The van der Waals surface area contributed by atoms with E-state index in [0.29, 0.717) is 12.1 Å². The molecule has 1 amide bonds. The molecule has 7 heteroatoms. The predicted octanol–water partition coefficient (Wildman–Crippen LogP) is 3.54. The molecule has 0 saturated carbocycles. The zero-order valence-electron chi connectivity index (χ0n) is 18.5. The van der Waals surface area contributed by atoms with Gasteiger partial charge in [0.15, 0.2) is 0 Å². The molecule has 0 aliphatic heterocycles. The van der Waals surface area contributed by atoms with Gasteiger partial charge in [0.1, 0.15) is 0 Å². The lowest BCUT2D eigenvalue weighted by molar-refractivity contribution is 0.0950. The Morgan fingerprint density at radius 1 is 0.933 bits per heavy atom. The van der Waals surface area contributed by atoms with E-state index in [2.05, 4.69) is 34.9 Å². The Balaban J connectivity index is 2.06. The van der Waals surface area contributed by atoms with E-state index in [-0.39, 0.29) is 10.8 Å². The summed E-state index contributed by atoms with van der Waals surface area (Å²) in [6.45, 7) is 12.8. The number of nitrogens with zero attached hydrogens (tertiary/aromatic N) is 1. The molecule has 164 valence electrons. The molecule has 0 unspecified atom stereocenters. The number of sulfonamides is 1. The van der Waals surface area contributed by atoms with Gasteiger partial charge in [-0.25, -0.2) is 13.1 Å². The van der Waals surface area contributed by atoms with E-state index in [4.69, 9.17) is 0 Å². The van der Waals surface area contributed by atoms with Crippen LogP contribution < -0.4 is 10.0 Å². The number of rotatable bonds is 9. The Labute approximate surface area is 180 Å². The highest BCUT2D eigenvalue weighted by atomic mass is 32.2. The molecule has 0 aromatic heterocycles. The molecule has 0 heterocycles. The standard InChI is InChI=1S/C23H33N3O3S/c1-6-26(7-2)17-20-11-9-8-10-19(20)16-24-22(27)18-12-14-21(15-13-18)30(28,29)25-23(3,4)5/h8-15,25H,6-7,16-17H2,1-5H3,(H,24,27). The third-order valence-corrected chi connectivity index (χ3v) is 6.49. The van der Waals surface area contributed by atoms with Gasteiger partial charge in [0.05, 0.1) is 4.90 Å². The van der Waals surface area contributed by atoms with E-state index in [0.717, 1.165) is 25.2 Å². The highest BCUT2D eigenvalue weighted by Gasteiger charge is 2.22. The number of hydrogen-bond donors (Lipinski definition) is 2. The van der Waals surface area contributed by atoms with E-state index >= 15 is 0 Å². The fraction of sp³-hybridized carbons (Fsp3) is 0.435. The van der Waals surface area contributed by atoms with Crippen molar-refractivity contribution in [2.75, 3.05) is 13.1 Å². The second-order valence-electron chi connectivity index (χ2n) is 8.29. The number of nitrogens with one attached hydrogen (secondary N) is 2. The summed E-state index contributed by atoms with van der Waals surface area (Å²) >= 11 is 0. The van der Waals surface area contributed by atoms with Crippen LogP contribution in [-0.4, -0.2) is 37.9 Å². The average molecular weight is 432 g/mol. The first-order valence-electron chi connectivity index (χ1n) is 10.3. The Hall–Kier alpha value is -2.22. The van der Waals surface area contributed by atoms with E-state index in [1.54, 1.807) is 20.8 Å². The Morgan fingerprint density at radius 3 is 2.03 bits per heavy atom. The van der Waals surface area contributed by atoms with E-state index in [1.807, 2.05) is 18.2 Å². The highest BCUT2D eigenvalue weighted by Crippen LogP contribution is 2.15. The predicted molar refractivity (Wildman–Crippen MR) is 121 cm³/mol. The van der Waals surface area contributed by atoms with Crippen molar-refractivity contribution in [1.29, 1.82) is 0 Å². The highest BCUT2D eigenvalue weighted by molar-refractivity contribution is 7.89. The molecule has 0 fully saturated rings. The molecular weight excluding hydrogens is 398 g/mol. The van der Waals surface area contributed by atoms with Crippen molar-refractivity contribution in [2.24, 2.45) is 0 Å². The molecule has 2 N–H and O–H groups in total. The van der Waals surface area contributed by atoms with Crippen molar-refractivity contribution in [3.63, 3.8) is 0 Å². The minimum Gasteiger partial charge on any atom is -0.348 e. The van der Waals surface area contributed by atoms with Gasteiger partial charge in [0, 0.05) is 24.2 Å². The lowest BCUT2D eigenvalue weighted by atomic mass is 10.1. The minimum atomic E-state index is -3.62. The molecule has 2 aromatic carbocycles. The fourth-order valence-electron chi connectivity index (χ4n) is 3.10. The van der Waals surface area contributed by atoms with Crippen molar-refractivity contribution >= 4 is 15.9 Å². The van der Waals surface area contributed by atoms with Gasteiger partial charge in [0.2, 0.25) is 10.0 Å². The molecule has 30 heavy (non-hydrogen) atoms. The third-order valence-electron chi connectivity index (χ3n) is 4.71. The van der Waals surface area contributed by atoms with Crippen LogP contribution in [0.25, 0.3) is 0 Å². The number of carbonyl (C=O) groups is 1. The largest absolute Gasteiger partial charge is 0.348 e. The summed E-state index contributed by atoms with van der Waals surface area (Å²) < 4.78 is 27.4. The minimum absolute atomic E-state index is 0.138. The van der Waals surface area contributed by atoms with Gasteiger partial charge >= 0.3 is 0 Å². The van der Waals surface area contributed by atoms with Gasteiger partial charge in [0.25, 0.3) is 5.91 Å². The van der Waals surface area contributed by atoms with E-state index in [1.165, 1.54) is 29.8 Å². The van der Waals surface area contributed by atoms with Crippen molar-refractivity contribution in [1.82, 2.24) is 14.9 Å². The average Bonchev–Trinajstić information content (AvgIpc) is 2.69. The second-order valence-corrected chi connectivity index (χ2v) is 9.98. The molecule has 6 nitrogen and oxygen atoms in total. The van der Waals surface area contributed by atoms with Crippen LogP contribution in [0.4, 0.5) is 0 Å². The summed E-state index contributed by atoms with van der Waals surface area (Å²) in [5.41, 5.74) is 2.11. The Morgan fingerprint density at radius 2 is 1.50 bits per heavy atom. The van der Waals surface area contributed by atoms with Crippen molar-refractivity contribution < 1.29 is 13.2 Å². The van der Waals surface area contributed by atoms with Gasteiger partial charge in [-0.1, -0.05) is 38.1 Å². The first kappa shape index (κ1) is 24.1. The summed E-state index contributed by atoms with van der Waals surface area (Å²) in [5, 5.41) is 2.94. The molecule has 0 aliphatic carbocycles.